The summed E-state index contributed by atoms with van der Waals surface area (Å²) in [4.78, 5) is 2.62. The fourth-order valence-corrected chi connectivity index (χ4v) is 3.45. The Morgan fingerprint density at radius 1 is 1.21 bits per heavy atom. The molecule has 19 heavy (non-hydrogen) atoms. The first kappa shape index (κ1) is 15.3. The van der Waals surface area contributed by atoms with Crippen molar-refractivity contribution in [2.24, 2.45) is 0 Å². The van der Waals surface area contributed by atoms with Gasteiger partial charge in [0.1, 0.15) is 0 Å². The third-order valence-corrected chi connectivity index (χ3v) is 4.69. The molecule has 1 N–H and O–H groups in total. The molecule has 0 radical (unpaired) electrons. The van der Waals surface area contributed by atoms with E-state index in [9.17, 15) is 0 Å². The first-order valence-electron chi connectivity index (χ1n) is 8.21. The van der Waals surface area contributed by atoms with E-state index >= 15 is 0 Å². The van der Waals surface area contributed by atoms with Gasteiger partial charge in [-0.1, -0.05) is 26.2 Å². The highest BCUT2D eigenvalue weighted by atomic mass is 16.5. The molecule has 0 amide bonds. The molecule has 1 aliphatic carbocycles. The van der Waals surface area contributed by atoms with Crippen LogP contribution in [0.5, 0.6) is 0 Å². The Balaban J connectivity index is 1.72. The summed E-state index contributed by atoms with van der Waals surface area (Å²) >= 11 is 0. The zero-order chi connectivity index (χ0) is 13.7. The normalized spacial score (nSPS) is 29.5. The molecular weight excluding hydrogens is 236 g/mol. The molecule has 0 aromatic heterocycles. The van der Waals surface area contributed by atoms with Gasteiger partial charge in [-0.3, -0.25) is 4.90 Å². The fraction of sp³-hybridized carbons (Fsp3) is 1.00. The van der Waals surface area contributed by atoms with Crippen LogP contribution in [-0.2, 0) is 4.74 Å². The van der Waals surface area contributed by atoms with Gasteiger partial charge in [-0.05, 0) is 33.1 Å². The average molecular weight is 268 g/mol. The molecule has 0 bridgehead atoms. The Kier molecular flexibility index (Phi) is 5.67. The zero-order valence-electron chi connectivity index (χ0n) is 13.1. The Morgan fingerprint density at radius 3 is 2.63 bits per heavy atom. The minimum atomic E-state index is 0.247. The molecule has 2 rings (SSSR count). The van der Waals surface area contributed by atoms with Crippen molar-refractivity contribution in [3.63, 3.8) is 0 Å². The van der Waals surface area contributed by atoms with Gasteiger partial charge in [-0.15, -0.1) is 0 Å². The molecule has 1 unspecified atom stereocenters. The van der Waals surface area contributed by atoms with Crippen molar-refractivity contribution in [1.29, 1.82) is 0 Å². The van der Waals surface area contributed by atoms with E-state index in [4.69, 9.17) is 4.74 Å². The standard InChI is InChI=1S/C16H32N2O/c1-4-14-12-17-16(2,3)13-18(14)10-11-19-15-8-6-5-7-9-15/h14-15,17H,4-13H2,1-3H3. The van der Waals surface area contributed by atoms with Gasteiger partial charge in [0.25, 0.3) is 0 Å². The van der Waals surface area contributed by atoms with Crippen molar-refractivity contribution in [3.8, 4) is 0 Å². The summed E-state index contributed by atoms with van der Waals surface area (Å²) in [5.41, 5.74) is 0.247. The minimum Gasteiger partial charge on any atom is -0.377 e. The van der Waals surface area contributed by atoms with Gasteiger partial charge in [0.15, 0.2) is 0 Å². The molecule has 0 aromatic rings. The Hall–Kier alpha value is -0.120. The summed E-state index contributed by atoms with van der Waals surface area (Å²) in [5.74, 6) is 0. The third kappa shape index (κ3) is 4.73. The number of nitrogens with zero attached hydrogens (tertiary/aromatic N) is 1. The van der Waals surface area contributed by atoms with Crippen molar-refractivity contribution >= 4 is 0 Å². The molecule has 1 saturated heterocycles. The van der Waals surface area contributed by atoms with Gasteiger partial charge in [0, 0.05) is 31.2 Å². The van der Waals surface area contributed by atoms with Crippen molar-refractivity contribution < 1.29 is 4.74 Å². The van der Waals surface area contributed by atoms with Crippen LogP contribution < -0.4 is 5.32 Å². The first-order chi connectivity index (χ1) is 9.11. The number of hydrogen-bond donors (Lipinski definition) is 1. The summed E-state index contributed by atoms with van der Waals surface area (Å²) in [6.07, 6.45) is 8.47. The highest BCUT2D eigenvalue weighted by Crippen LogP contribution is 2.21. The number of piperazine rings is 1. The van der Waals surface area contributed by atoms with Crippen LogP contribution in [0.2, 0.25) is 0 Å². The van der Waals surface area contributed by atoms with E-state index < -0.39 is 0 Å². The zero-order valence-corrected chi connectivity index (χ0v) is 13.1. The molecule has 2 fully saturated rings. The lowest BCUT2D eigenvalue weighted by Gasteiger charge is -2.44. The van der Waals surface area contributed by atoms with Crippen LogP contribution in [0, 0.1) is 0 Å². The lowest BCUT2D eigenvalue weighted by molar-refractivity contribution is -0.00188. The molecule has 1 atom stereocenters. The number of hydrogen-bond acceptors (Lipinski definition) is 3. The molecule has 0 aromatic carbocycles. The lowest BCUT2D eigenvalue weighted by atomic mass is 9.97. The molecule has 112 valence electrons. The van der Waals surface area contributed by atoms with E-state index in [1.165, 1.54) is 38.5 Å². The summed E-state index contributed by atoms with van der Waals surface area (Å²) in [6.45, 7) is 11.2. The van der Waals surface area contributed by atoms with Crippen molar-refractivity contribution in [2.45, 2.75) is 77.0 Å². The number of rotatable bonds is 5. The maximum absolute atomic E-state index is 6.08. The van der Waals surface area contributed by atoms with Crippen LogP contribution in [0.15, 0.2) is 0 Å². The molecular formula is C16H32N2O. The average Bonchev–Trinajstić information content (AvgIpc) is 2.39. The van der Waals surface area contributed by atoms with E-state index in [0.717, 1.165) is 26.2 Å². The van der Waals surface area contributed by atoms with E-state index in [0.29, 0.717) is 12.1 Å². The van der Waals surface area contributed by atoms with Gasteiger partial charge in [-0.25, -0.2) is 0 Å². The summed E-state index contributed by atoms with van der Waals surface area (Å²) < 4.78 is 6.08. The summed E-state index contributed by atoms with van der Waals surface area (Å²) in [6, 6.07) is 0.683. The smallest absolute Gasteiger partial charge is 0.0597 e. The predicted octanol–water partition coefficient (Wildman–Crippen LogP) is 2.80. The first-order valence-corrected chi connectivity index (χ1v) is 8.21. The molecule has 2 aliphatic rings. The van der Waals surface area contributed by atoms with E-state index in [1.54, 1.807) is 0 Å². The van der Waals surface area contributed by atoms with Crippen LogP contribution in [0.3, 0.4) is 0 Å². The fourth-order valence-electron chi connectivity index (χ4n) is 3.45. The highest BCUT2D eigenvalue weighted by molar-refractivity contribution is 4.91. The Bertz CT molecular complexity index is 261. The van der Waals surface area contributed by atoms with Crippen molar-refractivity contribution in [2.75, 3.05) is 26.2 Å². The van der Waals surface area contributed by atoms with Crippen LogP contribution in [-0.4, -0.2) is 48.8 Å². The van der Waals surface area contributed by atoms with Crippen LogP contribution >= 0.6 is 0 Å². The van der Waals surface area contributed by atoms with Crippen LogP contribution in [0.25, 0.3) is 0 Å². The second-order valence-corrected chi connectivity index (χ2v) is 6.93. The maximum atomic E-state index is 6.08. The molecule has 1 heterocycles. The van der Waals surface area contributed by atoms with Crippen molar-refractivity contribution in [1.82, 2.24) is 10.2 Å². The second-order valence-electron chi connectivity index (χ2n) is 6.93. The molecule has 0 spiro atoms. The van der Waals surface area contributed by atoms with E-state index in [1.807, 2.05) is 0 Å². The van der Waals surface area contributed by atoms with Gasteiger partial charge >= 0.3 is 0 Å². The Labute approximate surface area is 119 Å². The molecule has 1 aliphatic heterocycles. The summed E-state index contributed by atoms with van der Waals surface area (Å²) in [5, 5.41) is 3.65. The monoisotopic (exact) mass is 268 g/mol. The maximum Gasteiger partial charge on any atom is 0.0597 e. The second kappa shape index (κ2) is 7.05. The van der Waals surface area contributed by atoms with E-state index in [-0.39, 0.29) is 5.54 Å². The lowest BCUT2D eigenvalue weighted by Crippen LogP contribution is -2.61. The SMILES string of the molecule is CCC1CNC(C)(C)CN1CCOC1CCCCC1. The third-order valence-electron chi connectivity index (χ3n) is 4.69. The van der Waals surface area contributed by atoms with E-state index in [2.05, 4.69) is 31.0 Å². The van der Waals surface area contributed by atoms with Crippen LogP contribution in [0.1, 0.15) is 59.3 Å². The van der Waals surface area contributed by atoms with Gasteiger partial charge < -0.3 is 10.1 Å². The Morgan fingerprint density at radius 2 is 1.95 bits per heavy atom. The highest BCUT2D eigenvalue weighted by Gasteiger charge is 2.31. The van der Waals surface area contributed by atoms with Gasteiger partial charge in [-0.2, -0.15) is 0 Å². The minimum absolute atomic E-state index is 0.247. The molecule has 3 nitrogen and oxygen atoms in total. The van der Waals surface area contributed by atoms with Crippen molar-refractivity contribution in [3.05, 3.63) is 0 Å². The molecule has 1 saturated carbocycles. The number of ether oxygens (including phenoxy) is 1. The van der Waals surface area contributed by atoms with Gasteiger partial charge in [0.2, 0.25) is 0 Å². The predicted molar refractivity (Wildman–Crippen MR) is 80.6 cm³/mol. The van der Waals surface area contributed by atoms with Gasteiger partial charge in [0.05, 0.1) is 12.7 Å². The quantitative estimate of drug-likeness (QED) is 0.830. The molecule has 3 heteroatoms. The summed E-state index contributed by atoms with van der Waals surface area (Å²) in [7, 11) is 0. The number of nitrogens with one attached hydrogen (secondary N) is 1. The largest absolute Gasteiger partial charge is 0.377 e. The topological polar surface area (TPSA) is 24.5 Å². The van der Waals surface area contributed by atoms with Crippen LogP contribution in [0.4, 0.5) is 0 Å².